The molecule has 0 bridgehead atoms. The third-order valence-electron chi connectivity index (χ3n) is 1.51. The summed E-state index contributed by atoms with van der Waals surface area (Å²) in [7, 11) is 0. The number of aromatic hydroxyl groups is 2. The number of hydrogen-bond acceptors (Lipinski definition) is 2. The minimum absolute atomic E-state index is 0. The third kappa shape index (κ3) is 11.0. The summed E-state index contributed by atoms with van der Waals surface area (Å²) >= 11 is 0. The summed E-state index contributed by atoms with van der Waals surface area (Å²) in [5.74, 6) is 0.644. The van der Waals surface area contributed by atoms with Gasteiger partial charge in [0.25, 0.3) is 0 Å². The molecule has 0 atom stereocenters. The maximum Gasteiger partial charge on any atom is 2.00 e. The van der Waals surface area contributed by atoms with Gasteiger partial charge in [-0.3, -0.25) is 0 Å². The van der Waals surface area contributed by atoms with E-state index in [4.69, 9.17) is 10.2 Å². The van der Waals surface area contributed by atoms with Gasteiger partial charge >= 0.3 is 21.7 Å². The van der Waals surface area contributed by atoms with Gasteiger partial charge in [-0.05, 0) is 24.3 Å². The second kappa shape index (κ2) is 12.8. The first kappa shape index (κ1) is 21.1. The van der Waals surface area contributed by atoms with Crippen molar-refractivity contribution < 1.29 is 31.9 Å². The molecular weight excluding hydrogens is 248 g/mol. The summed E-state index contributed by atoms with van der Waals surface area (Å²) in [5, 5.41) is 17.3. The summed E-state index contributed by atoms with van der Waals surface area (Å²) in [6.07, 6.45) is 0. The van der Waals surface area contributed by atoms with Gasteiger partial charge in [0.05, 0.1) is 0 Å². The van der Waals surface area contributed by atoms with Crippen molar-refractivity contribution in [1.82, 2.24) is 0 Å². The van der Waals surface area contributed by atoms with Crippen molar-refractivity contribution in [2.24, 2.45) is 0 Å². The summed E-state index contributed by atoms with van der Waals surface area (Å²) in [4.78, 5) is 0. The third-order valence-corrected chi connectivity index (χ3v) is 1.51. The van der Waals surface area contributed by atoms with Crippen LogP contribution in [0.15, 0.2) is 60.7 Å². The van der Waals surface area contributed by atoms with Gasteiger partial charge in [-0.15, -0.1) is 0 Å². The Bertz CT molecular complexity index is 312. The van der Waals surface area contributed by atoms with Crippen LogP contribution in [-0.4, -0.2) is 10.2 Å². The van der Waals surface area contributed by atoms with Gasteiger partial charge in [0.2, 0.25) is 0 Å². The van der Waals surface area contributed by atoms with E-state index < -0.39 is 0 Å². The molecule has 0 spiro atoms. The largest absolute Gasteiger partial charge is 2.00 e. The molecule has 2 rings (SSSR count). The van der Waals surface area contributed by atoms with Crippen molar-refractivity contribution in [2.75, 3.05) is 0 Å². The molecule has 2 aromatic rings. The monoisotopic (exact) mass is 266 g/mol. The van der Waals surface area contributed by atoms with Gasteiger partial charge in [-0.1, -0.05) is 36.4 Å². The topological polar surface area (TPSA) is 40.5 Å². The molecule has 0 aliphatic rings. The smallest absolute Gasteiger partial charge is 0.508 e. The Morgan fingerprint density at radius 2 is 0.765 bits per heavy atom. The molecular formula is C14H18O2Ti. The van der Waals surface area contributed by atoms with Crippen molar-refractivity contribution in [3.8, 4) is 11.5 Å². The first-order valence-electron chi connectivity index (χ1n) is 4.27. The quantitative estimate of drug-likeness (QED) is 0.564. The number of hydrogen-bond donors (Lipinski definition) is 2. The van der Waals surface area contributed by atoms with Crippen LogP contribution >= 0.6 is 0 Å². The second-order valence-corrected chi connectivity index (χ2v) is 2.67. The van der Waals surface area contributed by atoms with Crippen LogP contribution < -0.4 is 0 Å². The molecule has 2 nitrogen and oxygen atoms in total. The van der Waals surface area contributed by atoms with Crippen LogP contribution in [0.25, 0.3) is 0 Å². The van der Waals surface area contributed by atoms with Crippen LogP contribution in [-0.2, 0) is 21.7 Å². The number of rotatable bonds is 0. The molecule has 0 heterocycles. The van der Waals surface area contributed by atoms with Gasteiger partial charge in [0, 0.05) is 0 Å². The Kier molecular flexibility index (Phi) is 15.9. The van der Waals surface area contributed by atoms with Gasteiger partial charge < -0.3 is 25.1 Å². The normalized spacial score (nSPS) is 7.06. The fourth-order valence-electron chi connectivity index (χ4n) is 0.856. The van der Waals surface area contributed by atoms with Crippen molar-refractivity contribution in [3.05, 3.63) is 75.5 Å². The molecule has 0 aliphatic heterocycles. The standard InChI is InChI=1S/2C6H6O.2CH3.Ti/c2*7-6-4-2-1-3-5-6;;;/h2*1-5,7H;2*1H3;/q;;2*-1;+2. The molecule has 90 valence electrons. The van der Waals surface area contributed by atoms with E-state index in [2.05, 4.69) is 0 Å². The molecule has 0 amide bonds. The summed E-state index contributed by atoms with van der Waals surface area (Å²) in [6, 6.07) is 17.4. The zero-order chi connectivity index (χ0) is 10.2. The first-order valence-corrected chi connectivity index (χ1v) is 4.27. The Hall–Kier alpha value is -1.25. The minimum atomic E-state index is 0. The van der Waals surface area contributed by atoms with Gasteiger partial charge in [-0.25, -0.2) is 0 Å². The maximum absolute atomic E-state index is 8.63. The van der Waals surface area contributed by atoms with Gasteiger partial charge in [0.1, 0.15) is 11.5 Å². The van der Waals surface area contributed by atoms with E-state index in [0.717, 1.165) is 0 Å². The van der Waals surface area contributed by atoms with E-state index in [1.54, 1.807) is 48.5 Å². The molecule has 3 heteroatoms. The number of benzene rings is 2. The number of phenolic OH excluding ortho intramolecular Hbond substituents is 2. The molecule has 0 fully saturated rings. The van der Waals surface area contributed by atoms with Crippen LogP contribution in [0, 0.1) is 14.9 Å². The summed E-state index contributed by atoms with van der Waals surface area (Å²) < 4.78 is 0. The predicted octanol–water partition coefficient (Wildman–Crippen LogP) is 3.68. The van der Waals surface area contributed by atoms with Crippen molar-refractivity contribution in [2.45, 2.75) is 0 Å². The van der Waals surface area contributed by atoms with Crippen molar-refractivity contribution in [1.29, 1.82) is 0 Å². The molecule has 0 radical (unpaired) electrons. The Balaban J connectivity index is -0.000000196. The fraction of sp³-hybridized carbons (Fsp3) is 0. The minimum Gasteiger partial charge on any atom is -0.508 e. The van der Waals surface area contributed by atoms with Crippen LogP contribution in [0.1, 0.15) is 0 Å². The molecule has 0 aliphatic carbocycles. The SMILES string of the molecule is Oc1ccccc1.Oc1ccccc1.[CH3-].[CH3-].[Ti+2]. The van der Waals surface area contributed by atoms with E-state index in [0.29, 0.717) is 11.5 Å². The Morgan fingerprint density at radius 1 is 0.529 bits per heavy atom. The van der Waals surface area contributed by atoms with E-state index in [9.17, 15) is 0 Å². The summed E-state index contributed by atoms with van der Waals surface area (Å²) in [6.45, 7) is 0. The fourth-order valence-corrected chi connectivity index (χ4v) is 0.856. The molecule has 2 N–H and O–H groups in total. The first-order chi connectivity index (χ1) is 6.79. The maximum atomic E-state index is 8.63. The number of para-hydroxylation sites is 2. The van der Waals surface area contributed by atoms with Crippen LogP contribution in [0.2, 0.25) is 0 Å². The van der Waals surface area contributed by atoms with Crippen molar-refractivity contribution in [3.63, 3.8) is 0 Å². The molecule has 0 saturated carbocycles. The van der Waals surface area contributed by atoms with E-state index in [1.807, 2.05) is 12.1 Å². The van der Waals surface area contributed by atoms with Gasteiger partial charge in [-0.2, -0.15) is 0 Å². The molecule has 0 aromatic heterocycles. The summed E-state index contributed by atoms with van der Waals surface area (Å²) in [5.41, 5.74) is 0. The van der Waals surface area contributed by atoms with E-state index in [1.165, 1.54) is 0 Å². The molecule has 0 saturated heterocycles. The molecule has 0 unspecified atom stereocenters. The Morgan fingerprint density at radius 3 is 0.882 bits per heavy atom. The van der Waals surface area contributed by atoms with Crippen LogP contribution in [0.4, 0.5) is 0 Å². The molecule has 17 heavy (non-hydrogen) atoms. The molecule has 2 aromatic carbocycles. The second-order valence-electron chi connectivity index (χ2n) is 2.67. The number of phenols is 2. The average Bonchev–Trinajstić information content (AvgIpc) is 2.21. The van der Waals surface area contributed by atoms with Crippen LogP contribution in [0.5, 0.6) is 11.5 Å². The van der Waals surface area contributed by atoms with Crippen LogP contribution in [0.3, 0.4) is 0 Å². The predicted molar refractivity (Wildman–Crippen MR) is 69.0 cm³/mol. The van der Waals surface area contributed by atoms with Crippen molar-refractivity contribution >= 4 is 0 Å². The Labute approximate surface area is 119 Å². The zero-order valence-corrected chi connectivity index (χ0v) is 11.7. The van der Waals surface area contributed by atoms with E-state index >= 15 is 0 Å². The average molecular weight is 266 g/mol. The zero-order valence-electron chi connectivity index (χ0n) is 10.2. The van der Waals surface area contributed by atoms with E-state index in [-0.39, 0.29) is 36.6 Å². The van der Waals surface area contributed by atoms with Gasteiger partial charge in [0.15, 0.2) is 0 Å².